The summed E-state index contributed by atoms with van der Waals surface area (Å²) in [6, 6.07) is 0.426. The first kappa shape index (κ1) is 13.1. The Morgan fingerprint density at radius 1 is 1.32 bits per heavy atom. The first-order valence-corrected chi connectivity index (χ1v) is 7.44. The van der Waals surface area contributed by atoms with Crippen LogP contribution in [0.2, 0.25) is 5.15 Å². The van der Waals surface area contributed by atoms with E-state index in [1.807, 2.05) is 6.92 Å². The van der Waals surface area contributed by atoms with Gasteiger partial charge in [-0.1, -0.05) is 11.6 Å². The van der Waals surface area contributed by atoms with Crippen molar-refractivity contribution in [1.82, 2.24) is 20.1 Å². The molecule has 1 aromatic heterocycles. The first-order chi connectivity index (χ1) is 9.20. The van der Waals surface area contributed by atoms with E-state index in [4.69, 9.17) is 11.6 Å². The van der Waals surface area contributed by atoms with Crippen LogP contribution in [0, 0.1) is 12.8 Å². The molecule has 19 heavy (non-hydrogen) atoms. The maximum atomic E-state index is 5.84. The topological polar surface area (TPSA) is 53.9 Å². The minimum atomic E-state index is 0.379. The number of rotatable bonds is 4. The lowest BCUT2D eigenvalue weighted by molar-refractivity contribution is 0.208. The van der Waals surface area contributed by atoms with Crippen molar-refractivity contribution in [3.8, 4) is 0 Å². The quantitative estimate of drug-likeness (QED) is 0.916. The molecular formula is C13H20ClN5. The number of hydrogen-bond donors (Lipinski definition) is 1. The molecule has 2 fully saturated rings. The lowest BCUT2D eigenvalue weighted by atomic mass is 10.1. The fourth-order valence-corrected chi connectivity index (χ4v) is 2.72. The van der Waals surface area contributed by atoms with Crippen molar-refractivity contribution in [3.63, 3.8) is 0 Å². The molecule has 1 aromatic rings. The van der Waals surface area contributed by atoms with Gasteiger partial charge in [0.1, 0.15) is 0 Å². The maximum absolute atomic E-state index is 5.84. The van der Waals surface area contributed by atoms with Crippen molar-refractivity contribution >= 4 is 17.5 Å². The van der Waals surface area contributed by atoms with E-state index in [0.717, 1.165) is 18.2 Å². The highest BCUT2D eigenvalue weighted by Gasteiger charge is 2.27. The fourth-order valence-electron chi connectivity index (χ4n) is 2.64. The number of aromatic nitrogens is 3. The number of hydrogen-bond acceptors (Lipinski definition) is 5. The van der Waals surface area contributed by atoms with Crippen molar-refractivity contribution in [2.45, 2.75) is 38.6 Å². The van der Waals surface area contributed by atoms with Gasteiger partial charge < -0.3 is 10.2 Å². The van der Waals surface area contributed by atoms with E-state index in [1.54, 1.807) is 0 Å². The lowest BCUT2D eigenvalue weighted by Crippen LogP contribution is -2.43. The number of aryl methyl sites for hydroxylation is 1. The van der Waals surface area contributed by atoms with Crippen LogP contribution in [0.5, 0.6) is 0 Å². The number of nitrogens with one attached hydrogen (secondary N) is 1. The molecule has 1 atom stereocenters. The third-order valence-electron chi connectivity index (χ3n) is 3.86. The lowest BCUT2D eigenvalue weighted by Gasteiger charge is -2.33. The molecule has 1 saturated carbocycles. The Hall–Kier alpha value is -0.940. The van der Waals surface area contributed by atoms with Gasteiger partial charge in [0, 0.05) is 19.1 Å². The second kappa shape index (κ2) is 5.59. The summed E-state index contributed by atoms with van der Waals surface area (Å²) in [6.45, 7) is 5.42. The average molecular weight is 282 g/mol. The van der Waals surface area contributed by atoms with E-state index in [0.29, 0.717) is 17.1 Å². The molecule has 2 aliphatic rings. The van der Waals surface area contributed by atoms with Crippen molar-refractivity contribution in [1.29, 1.82) is 0 Å². The van der Waals surface area contributed by atoms with Gasteiger partial charge in [0.15, 0.2) is 5.15 Å². The van der Waals surface area contributed by atoms with Crippen LogP contribution in [0.3, 0.4) is 0 Å². The molecule has 6 heteroatoms. The Labute approximate surface area is 118 Å². The fraction of sp³-hybridized carbons (Fsp3) is 0.769. The molecule has 0 unspecified atom stereocenters. The van der Waals surface area contributed by atoms with Crippen LogP contribution in [0.4, 0.5) is 5.95 Å². The molecule has 0 bridgehead atoms. The Kier molecular flexibility index (Phi) is 3.84. The molecule has 1 N–H and O–H groups in total. The highest BCUT2D eigenvalue weighted by Crippen LogP contribution is 2.30. The summed E-state index contributed by atoms with van der Waals surface area (Å²) < 4.78 is 0. The molecule has 2 heterocycles. The van der Waals surface area contributed by atoms with Gasteiger partial charge in [-0.15, -0.1) is 10.2 Å². The van der Waals surface area contributed by atoms with E-state index in [2.05, 4.69) is 25.4 Å². The van der Waals surface area contributed by atoms with Gasteiger partial charge in [-0.05, 0) is 45.1 Å². The number of likely N-dealkylation sites (tertiary alicyclic amines) is 1. The van der Waals surface area contributed by atoms with E-state index in [1.165, 1.54) is 38.8 Å². The number of nitrogens with zero attached hydrogens (tertiary/aromatic N) is 4. The average Bonchev–Trinajstić information content (AvgIpc) is 3.18. The van der Waals surface area contributed by atoms with Crippen LogP contribution < -0.4 is 5.32 Å². The summed E-state index contributed by atoms with van der Waals surface area (Å²) >= 11 is 5.84. The van der Waals surface area contributed by atoms with Crippen LogP contribution in [0.25, 0.3) is 0 Å². The minimum absolute atomic E-state index is 0.379. The standard InChI is InChI=1S/C13H20ClN5/c1-9-12(14)17-18-13(15-9)16-11-3-2-6-19(8-11)7-10-4-5-10/h10-11H,2-8H2,1H3,(H,15,16,18)/t11-/m1/s1. The van der Waals surface area contributed by atoms with Crippen LogP contribution in [0.15, 0.2) is 0 Å². The predicted molar refractivity (Wildman–Crippen MR) is 75.4 cm³/mol. The van der Waals surface area contributed by atoms with E-state index in [-0.39, 0.29) is 0 Å². The molecule has 1 aliphatic heterocycles. The van der Waals surface area contributed by atoms with Gasteiger partial charge in [0.25, 0.3) is 0 Å². The van der Waals surface area contributed by atoms with Gasteiger partial charge in [-0.25, -0.2) is 4.98 Å². The van der Waals surface area contributed by atoms with Crippen LogP contribution in [-0.2, 0) is 0 Å². The number of piperidine rings is 1. The third kappa shape index (κ3) is 3.54. The second-order valence-corrected chi connectivity index (χ2v) is 6.06. The highest BCUT2D eigenvalue weighted by molar-refractivity contribution is 6.29. The number of anilines is 1. The summed E-state index contributed by atoms with van der Waals surface area (Å²) in [6.07, 6.45) is 5.24. The van der Waals surface area contributed by atoms with Gasteiger partial charge in [0.2, 0.25) is 5.95 Å². The van der Waals surface area contributed by atoms with Gasteiger partial charge >= 0.3 is 0 Å². The van der Waals surface area contributed by atoms with Gasteiger partial charge in [-0.3, -0.25) is 0 Å². The summed E-state index contributed by atoms with van der Waals surface area (Å²) in [4.78, 5) is 6.89. The summed E-state index contributed by atoms with van der Waals surface area (Å²) in [5, 5.41) is 11.7. The SMILES string of the molecule is Cc1nc(N[C@@H]2CCCN(CC3CC3)C2)nnc1Cl. The molecular weight excluding hydrogens is 262 g/mol. The summed E-state index contributed by atoms with van der Waals surface area (Å²) in [5.74, 6) is 1.55. The van der Waals surface area contributed by atoms with Crippen LogP contribution in [0.1, 0.15) is 31.4 Å². The van der Waals surface area contributed by atoms with E-state index < -0.39 is 0 Å². The molecule has 5 nitrogen and oxygen atoms in total. The largest absolute Gasteiger partial charge is 0.349 e. The second-order valence-electron chi connectivity index (χ2n) is 5.70. The monoisotopic (exact) mass is 281 g/mol. The Morgan fingerprint density at radius 2 is 2.16 bits per heavy atom. The van der Waals surface area contributed by atoms with Crippen molar-refractivity contribution in [2.24, 2.45) is 5.92 Å². The predicted octanol–water partition coefficient (Wildman–Crippen LogP) is 2.12. The normalized spacial score (nSPS) is 24.4. The molecule has 0 aromatic carbocycles. The molecule has 1 aliphatic carbocycles. The van der Waals surface area contributed by atoms with Gasteiger partial charge in [-0.2, -0.15) is 0 Å². The molecule has 0 radical (unpaired) electrons. The molecule has 0 spiro atoms. The molecule has 104 valence electrons. The third-order valence-corrected chi connectivity index (χ3v) is 4.21. The van der Waals surface area contributed by atoms with Gasteiger partial charge in [0.05, 0.1) is 5.69 Å². The van der Waals surface area contributed by atoms with Crippen LogP contribution in [-0.4, -0.2) is 45.8 Å². The van der Waals surface area contributed by atoms with Crippen molar-refractivity contribution < 1.29 is 0 Å². The van der Waals surface area contributed by atoms with E-state index in [9.17, 15) is 0 Å². The summed E-state index contributed by atoms with van der Waals surface area (Å²) in [5.41, 5.74) is 0.727. The highest BCUT2D eigenvalue weighted by atomic mass is 35.5. The minimum Gasteiger partial charge on any atom is -0.349 e. The Balaban J connectivity index is 1.57. The zero-order valence-electron chi connectivity index (χ0n) is 11.3. The van der Waals surface area contributed by atoms with Crippen molar-refractivity contribution in [2.75, 3.05) is 25.0 Å². The Morgan fingerprint density at radius 3 is 2.89 bits per heavy atom. The van der Waals surface area contributed by atoms with Crippen LogP contribution >= 0.6 is 11.6 Å². The molecule has 0 amide bonds. The smallest absolute Gasteiger partial charge is 0.243 e. The maximum Gasteiger partial charge on any atom is 0.243 e. The molecule has 1 saturated heterocycles. The first-order valence-electron chi connectivity index (χ1n) is 7.06. The van der Waals surface area contributed by atoms with E-state index >= 15 is 0 Å². The zero-order chi connectivity index (χ0) is 13.2. The molecule has 3 rings (SSSR count). The summed E-state index contributed by atoms with van der Waals surface area (Å²) in [7, 11) is 0. The Bertz CT molecular complexity index is 449. The number of halogens is 1. The van der Waals surface area contributed by atoms with Crippen molar-refractivity contribution in [3.05, 3.63) is 10.8 Å². The zero-order valence-corrected chi connectivity index (χ0v) is 12.0.